The number of hydrogen-bond acceptors (Lipinski definition) is 3. The summed E-state index contributed by atoms with van der Waals surface area (Å²) < 4.78 is 5.44. The van der Waals surface area contributed by atoms with E-state index in [-0.39, 0.29) is 12.0 Å². The molecule has 4 heteroatoms. The molecular weight excluding hydrogens is 204 g/mol. The smallest absolute Gasteiger partial charge is 0.222 e. The first-order valence-corrected chi connectivity index (χ1v) is 6.46. The molecule has 2 atom stereocenters. The van der Waals surface area contributed by atoms with E-state index in [2.05, 4.69) is 10.6 Å². The van der Waals surface area contributed by atoms with Crippen LogP contribution in [0.4, 0.5) is 0 Å². The topological polar surface area (TPSA) is 50.4 Å². The Kier molecular flexibility index (Phi) is 4.60. The SMILES string of the molecule is O=C(CC1CCCO1)NCC1CCCCN1. The molecular formula is C12H22N2O2. The third-order valence-corrected chi connectivity index (χ3v) is 3.40. The van der Waals surface area contributed by atoms with Crippen molar-refractivity contribution in [1.82, 2.24) is 10.6 Å². The Morgan fingerprint density at radius 1 is 1.31 bits per heavy atom. The summed E-state index contributed by atoms with van der Waals surface area (Å²) in [5, 5.41) is 6.42. The third kappa shape index (κ3) is 3.76. The van der Waals surface area contributed by atoms with Gasteiger partial charge in [0.05, 0.1) is 12.5 Å². The first-order valence-electron chi connectivity index (χ1n) is 6.46. The first kappa shape index (κ1) is 11.9. The fourth-order valence-corrected chi connectivity index (χ4v) is 2.42. The van der Waals surface area contributed by atoms with Crippen molar-refractivity contribution in [2.45, 2.75) is 50.7 Å². The highest BCUT2D eigenvalue weighted by molar-refractivity contribution is 5.76. The number of rotatable bonds is 4. The van der Waals surface area contributed by atoms with Crippen LogP contribution in [0.1, 0.15) is 38.5 Å². The van der Waals surface area contributed by atoms with E-state index < -0.39 is 0 Å². The Morgan fingerprint density at radius 3 is 2.94 bits per heavy atom. The number of ether oxygens (including phenoxy) is 1. The summed E-state index contributed by atoms with van der Waals surface area (Å²) in [6.45, 7) is 2.68. The maximum absolute atomic E-state index is 11.6. The molecule has 0 aromatic heterocycles. The molecule has 2 fully saturated rings. The second-order valence-corrected chi connectivity index (χ2v) is 4.79. The number of piperidine rings is 1. The minimum atomic E-state index is 0.138. The Labute approximate surface area is 97.1 Å². The van der Waals surface area contributed by atoms with Gasteiger partial charge in [-0.2, -0.15) is 0 Å². The molecule has 16 heavy (non-hydrogen) atoms. The van der Waals surface area contributed by atoms with E-state index in [1.165, 1.54) is 19.3 Å². The summed E-state index contributed by atoms with van der Waals surface area (Å²) in [4.78, 5) is 11.6. The lowest BCUT2D eigenvalue weighted by molar-refractivity contribution is -0.123. The molecule has 0 aromatic carbocycles. The van der Waals surface area contributed by atoms with E-state index in [0.29, 0.717) is 12.5 Å². The predicted octanol–water partition coefficient (Wildman–Crippen LogP) is 0.814. The Hall–Kier alpha value is -0.610. The zero-order chi connectivity index (χ0) is 11.2. The van der Waals surface area contributed by atoms with E-state index in [9.17, 15) is 4.79 Å². The van der Waals surface area contributed by atoms with E-state index >= 15 is 0 Å². The van der Waals surface area contributed by atoms with Gasteiger partial charge in [0.2, 0.25) is 5.91 Å². The monoisotopic (exact) mass is 226 g/mol. The molecule has 2 rings (SSSR count). The molecule has 2 N–H and O–H groups in total. The number of nitrogens with one attached hydrogen (secondary N) is 2. The standard InChI is InChI=1S/C12H22N2O2/c15-12(8-11-5-3-7-16-11)14-9-10-4-1-2-6-13-10/h10-11,13H,1-9H2,(H,14,15). The van der Waals surface area contributed by atoms with Crippen LogP contribution in [0.15, 0.2) is 0 Å². The summed E-state index contributed by atoms with van der Waals surface area (Å²) in [5.41, 5.74) is 0. The van der Waals surface area contributed by atoms with Crippen LogP contribution in [-0.2, 0) is 9.53 Å². The summed E-state index contributed by atoms with van der Waals surface area (Å²) in [6, 6.07) is 0.474. The fourth-order valence-electron chi connectivity index (χ4n) is 2.42. The highest BCUT2D eigenvalue weighted by Gasteiger charge is 2.19. The highest BCUT2D eigenvalue weighted by Crippen LogP contribution is 2.15. The first-order chi connectivity index (χ1) is 7.84. The lowest BCUT2D eigenvalue weighted by Crippen LogP contribution is -2.43. The maximum Gasteiger partial charge on any atom is 0.222 e. The van der Waals surface area contributed by atoms with Gasteiger partial charge in [-0.3, -0.25) is 4.79 Å². The molecule has 0 aliphatic carbocycles. The van der Waals surface area contributed by atoms with Crippen LogP contribution in [0, 0.1) is 0 Å². The molecule has 2 unspecified atom stereocenters. The van der Waals surface area contributed by atoms with Gasteiger partial charge in [-0.1, -0.05) is 6.42 Å². The van der Waals surface area contributed by atoms with Crippen LogP contribution in [0.25, 0.3) is 0 Å². The highest BCUT2D eigenvalue weighted by atomic mass is 16.5. The molecule has 0 spiro atoms. The van der Waals surface area contributed by atoms with Crippen LogP contribution in [0.2, 0.25) is 0 Å². The molecule has 1 amide bonds. The van der Waals surface area contributed by atoms with Gasteiger partial charge in [-0.25, -0.2) is 0 Å². The normalized spacial score (nSPS) is 30.2. The molecule has 0 saturated carbocycles. The average molecular weight is 226 g/mol. The second-order valence-electron chi connectivity index (χ2n) is 4.79. The van der Waals surface area contributed by atoms with Crippen molar-refractivity contribution in [1.29, 1.82) is 0 Å². The average Bonchev–Trinajstić information content (AvgIpc) is 2.81. The minimum Gasteiger partial charge on any atom is -0.378 e. The van der Waals surface area contributed by atoms with Gasteiger partial charge in [-0.15, -0.1) is 0 Å². The molecule has 0 aromatic rings. The number of carbonyl (C=O) groups excluding carboxylic acids is 1. The molecule has 2 heterocycles. The van der Waals surface area contributed by atoms with Gasteiger partial charge in [0.15, 0.2) is 0 Å². The summed E-state index contributed by atoms with van der Waals surface area (Å²) in [5.74, 6) is 0.138. The summed E-state index contributed by atoms with van der Waals surface area (Å²) in [7, 11) is 0. The Bertz CT molecular complexity index is 221. The van der Waals surface area contributed by atoms with Crippen molar-refractivity contribution in [3.8, 4) is 0 Å². The minimum absolute atomic E-state index is 0.138. The Balaban J connectivity index is 1.59. The van der Waals surface area contributed by atoms with E-state index in [1.54, 1.807) is 0 Å². The lowest BCUT2D eigenvalue weighted by Gasteiger charge is -2.23. The number of carbonyl (C=O) groups is 1. The fraction of sp³-hybridized carbons (Fsp3) is 0.917. The second kappa shape index (κ2) is 6.21. The van der Waals surface area contributed by atoms with Crippen LogP contribution in [0.3, 0.4) is 0 Å². The van der Waals surface area contributed by atoms with E-state index in [4.69, 9.17) is 4.74 Å². The third-order valence-electron chi connectivity index (χ3n) is 3.40. The van der Waals surface area contributed by atoms with E-state index in [0.717, 1.165) is 32.5 Å². The van der Waals surface area contributed by atoms with Crippen LogP contribution in [0.5, 0.6) is 0 Å². The summed E-state index contributed by atoms with van der Waals surface area (Å²) >= 11 is 0. The molecule has 0 bridgehead atoms. The van der Waals surface area contributed by atoms with Gasteiger partial charge in [0.25, 0.3) is 0 Å². The Morgan fingerprint density at radius 2 is 2.25 bits per heavy atom. The molecule has 2 aliphatic heterocycles. The van der Waals surface area contributed by atoms with Gasteiger partial charge < -0.3 is 15.4 Å². The van der Waals surface area contributed by atoms with Crippen molar-refractivity contribution in [3.63, 3.8) is 0 Å². The largest absolute Gasteiger partial charge is 0.378 e. The predicted molar refractivity (Wildman–Crippen MR) is 62.2 cm³/mol. The van der Waals surface area contributed by atoms with Crippen molar-refractivity contribution < 1.29 is 9.53 Å². The quantitative estimate of drug-likeness (QED) is 0.746. The zero-order valence-electron chi connectivity index (χ0n) is 9.84. The van der Waals surface area contributed by atoms with Crippen molar-refractivity contribution in [3.05, 3.63) is 0 Å². The van der Waals surface area contributed by atoms with Crippen LogP contribution in [-0.4, -0.2) is 37.7 Å². The summed E-state index contributed by atoms with van der Waals surface area (Å²) in [6.07, 6.45) is 6.56. The van der Waals surface area contributed by atoms with Gasteiger partial charge in [0.1, 0.15) is 0 Å². The molecule has 0 radical (unpaired) electrons. The maximum atomic E-state index is 11.6. The number of hydrogen-bond donors (Lipinski definition) is 2. The van der Waals surface area contributed by atoms with Crippen molar-refractivity contribution in [2.24, 2.45) is 0 Å². The van der Waals surface area contributed by atoms with Crippen molar-refractivity contribution >= 4 is 5.91 Å². The lowest BCUT2D eigenvalue weighted by atomic mass is 10.1. The van der Waals surface area contributed by atoms with Crippen LogP contribution >= 0.6 is 0 Å². The molecule has 92 valence electrons. The molecule has 2 saturated heterocycles. The molecule has 2 aliphatic rings. The van der Waals surface area contributed by atoms with E-state index in [1.807, 2.05) is 0 Å². The van der Waals surface area contributed by atoms with Gasteiger partial charge >= 0.3 is 0 Å². The number of amides is 1. The van der Waals surface area contributed by atoms with Crippen LogP contribution < -0.4 is 10.6 Å². The van der Waals surface area contributed by atoms with Gasteiger partial charge in [0, 0.05) is 19.2 Å². The van der Waals surface area contributed by atoms with Crippen molar-refractivity contribution in [2.75, 3.05) is 19.7 Å². The zero-order valence-corrected chi connectivity index (χ0v) is 9.84. The molecule has 4 nitrogen and oxygen atoms in total. The van der Waals surface area contributed by atoms with Gasteiger partial charge in [-0.05, 0) is 32.2 Å².